The second-order valence-corrected chi connectivity index (χ2v) is 5.65. The Morgan fingerprint density at radius 2 is 1.86 bits per heavy atom. The number of halogens is 1. The molecule has 0 radical (unpaired) electrons. The van der Waals surface area contributed by atoms with Gasteiger partial charge in [-0.2, -0.15) is 11.8 Å². The first-order valence-corrected chi connectivity index (χ1v) is 8.81. The minimum absolute atomic E-state index is 0. The fraction of sp³-hybridized carbons (Fsp3) is 0.562. The smallest absolute Gasteiger partial charge is 0.191 e. The number of thioether (sulfide) groups is 1. The van der Waals surface area contributed by atoms with E-state index in [0.29, 0.717) is 6.61 Å². The first-order chi connectivity index (χ1) is 10.4. The molecule has 0 heterocycles. The van der Waals surface area contributed by atoms with Crippen molar-refractivity contribution in [3.8, 4) is 0 Å². The van der Waals surface area contributed by atoms with Gasteiger partial charge in [-0.3, -0.25) is 4.99 Å². The van der Waals surface area contributed by atoms with E-state index >= 15 is 0 Å². The van der Waals surface area contributed by atoms with Crippen molar-refractivity contribution in [2.24, 2.45) is 4.99 Å². The molecule has 0 aliphatic heterocycles. The number of nitrogens with one attached hydrogen (secondary N) is 2. The number of rotatable bonds is 10. The van der Waals surface area contributed by atoms with Crippen molar-refractivity contribution in [3.63, 3.8) is 0 Å². The molecule has 0 aliphatic rings. The Morgan fingerprint density at radius 3 is 2.55 bits per heavy atom. The third-order valence-corrected chi connectivity index (χ3v) is 3.55. The van der Waals surface area contributed by atoms with Gasteiger partial charge in [-0.25, -0.2) is 0 Å². The predicted molar refractivity (Wildman–Crippen MR) is 108 cm³/mol. The van der Waals surface area contributed by atoms with Crippen molar-refractivity contribution in [2.45, 2.75) is 19.4 Å². The van der Waals surface area contributed by atoms with Crippen LogP contribution in [0.25, 0.3) is 0 Å². The number of hydrogen-bond donors (Lipinski definition) is 2. The van der Waals surface area contributed by atoms with E-state index in [4.69, 9.17) is 4.74 Å². The normalized spacial score (nSPS) is 10.9. The van der Waals surface area contributed by atoms with Crippen LogP contribution in [-0.2, 0) is 11.3 Å². The molecule has 4 nitrogen and oxygen atoms in total. The molecule has 0 spiro atoms. The highest BCUT2D eigenvalue weighted by molar-refractivity contribution is 14.0. The van der Waals surface area contributed by atoms with Gasteiger partial charge in [0.2, 0.25) is 0 Å². The van der Waals surface area contributed by atoms with Crippen LogP contribution in [0.15, 0.2) is 35.3 Å². The molecule has 0 aliphatic carbocycles. The van der Waals surface area contributed by atoms with E-state index in [9.17, 15) is 0 Å². The molecule has 126 valence electrons. The van der Waals surface area contributed by atoms with Gasteiger partial charge in [0.15, 0.2) is 5.96 Å². The van der Waals surface area contributed by atoms with Gasteiger partial charge in [-0.05, 0) is 24.7 Å². The van der Waals surface area contributed by atoms with Crippen LogP contribution in [0.2, 0.25) is 0 Å². The third-order valence-electron chi connectivity index (χ3n) is 2.94. The molecule has 2 N–H and O–H groups in total. The number of ether oxygens (including phenoxy) is 1. The van der Waals surface area contributed by atoms with Gasteiger partial charge in [-0.1, -0.05) is 30.3 Å². The molecular formula is C16H28IN3OS. The number of unbranched alkanes of at least 4 members (excludes halogenated alkanes) is 1. The third kappa shape index (κ3) is 11.1. The van der Waals surface area contributed by atoms with Crippen molar-refractivity contribution in [1.29, 1.82) is 0 Å². The fourth-order valence-corrected chi connectivity index (χ4v) is 2.10. The second-order valence-electron chi connectivity index (χ2n) is 4.66. The summed E-state index contributed by atoms with van der Waals surface area (Å²) in [6.07, 6.45) is 4.24. The number of guanidine groups is 1. The molecule has 0 fully saturated rings. The van der Waals surface area contributed by atoms with Crippen molar-refractivity contribution < 1.29 is 4.74 Å². The Morgan fingerprint density at radius 1 is 1.14 bits per heavy atom. The van der Waals surface area contributed by atoms with Gasteiger partial charge in [-0.15, -0.1) is 24.0 Å². The van der Waals surface area contributed by atoms with Crippen LogP contribution in [0.1, 0.15) is 18.4 Å². The Balaban J connectivity index is 0.00000441. The van der Waals surface area contributed by atoms with E-state index in [1.165, 1.54) is 5.56 Å². The van der Waals surface area contributed by atoms with Gasteiger partial charge in [0, 0.05) is 32.5 Å². The summed E-state index contributed by atoms with van der Waals surface area (Å²) in [6.45, 7) is 3.37. The average molecular weight is 437 g/mol. The van der Waals surface area contributed by atoms with E-state index in [1.807, 2.05) is 30.0 Å². The van der Waals surface area contributed by atoms with E-state index in [2.05, 4.69) is 34.0 Å². The van der Waals surface area contributed by atoms with Gasteiger partial charge in [0.1, 0.15) is 0 Å². The summed E-state index contributed by atoms with van der Waals surface area (Å²) in [5.41, 5.74) is 1.23. The van der Waals surface area contributed by atoms with Crippen LogP contribution >= 0.6 is 35.7 Å². The zero-order chi connectivity index (χ0) is 15.2. The molecule has 22 heavy (non-hydrogen) atoms. The predicted octanol–water partition coefficient (Wildman–Crippen LogP) is 3.13. The van der Waals surface area contributed by atoms with E-state index < -0.39 is 0 Å². The largest absolute Gasteiger partial charge is 0.377 e. The van der Waals surface area contributed by atoms with Crippen LogP contribution in [0.3, 0.4) is 0 Å². The number of nitrogens with zero attached hydrogens (tertiary/aromatic N) is 1. The van der Waals surface area contributed by atoms with Gasteiger partial charge in [0.25, 0.3) is 0 Å². The summed E-state index contributed by atoms with van der Waals surface area (Å²) in [4.78, 5) is 4.19. The summed E-state index contributed by atoms with van der Waals surface area (Å²) < 4.78 is 5.66. The van der Waals surface area contributed by atoms with Crippen LogP contribution in [0.5, 0.6) is 0 Å². The Kier molecular flexibility index (Phi) is 15.1. The maximum Gasteiger partial charge on any atom is 0.191 e. The van der Waals surface area contributed by atoms with Crippen molar-refractivity contribution in [2.75, 3.05) is 38.8 Å². The maximum atomic E-state index is 5.66. The topological polar surface area (TPSA) is 45.7 Å². The summed E-state index contributed by atoms with van der Waals surface area (Å²) in [7, 11) is 1.80. The molecule has 1 aromatic carbocycles. The SMILES string of the molecule is CN=C(NCCCCOCc1ccccc1)NCCSC.I. The van der Waals surface area contributed by atoms with Crippen molar-refractivity contribution >= 4 is 41.7 Å². The highest BCUT2D eigenvalue weighted by Gasteiger charge is 1.96. The Bertz CT molecular complexity index is 390. The second kappa shape index (κ2) is 15.4. The van der Waals surface area contributed by atoms with E-state index in [0.717, 1.165) is 44.3 Å². The summed E-state index contributed by atoms with van der Waals surface area (Å²) in [6, 6.07) is 10.3. The first kappa shape index (κ1) is 21.5. The number of hydrogen-bond acceptors (Lipinski definition) is 3. The Labute approximate surface area is 155 Å². The Hall–Kier alpha value is -0.470. The fourth-order valence-electron chi connectivity index (χ4n) is 1.79. The lowest BCUT2D eigenvalue weighted by Crippen LogP contribution is -2.38. The lowest BCUT2D eigenvalue weighted by atomic mass is 10.2. The molecule has 0 aromatic heterocycles. The van der Waals surface area contributed by atoms with E-state index in [1.54, 1.807) is 7.05 Å². The van der Waals surface area contributed by atoms with Crippen LogP contribution in [0, 0.1) is 0 Å². The van der Waals surface area contributed by atoms with Crippen molar-refractivity contribution in [1.82, 2.24) is 10.6 Å². The van der Waals surface area contributed by atoms with Gasteiger partial charge >= 0.3 is 0 Å². The molecule has 0 unspecified atom stereocenters. The number of aliphatic imine (C=N–C) groups is 1. The van der Waals surface area contributed by atoms with E-state index in [-0.39, 0.29) is 24.0 Å². The summed E-state index contributed by atoms with van der Waals surface area (Å²) in [5.74, 6) is 1.97. The van der Waals surface area contributed by atoms with Crippen LogP contribution in [0.4, 0.5) is 0 Å². The van der Waals surface area contributed by atoms with Crippen molar-refractivity contribution in [3.05, 3.63) is 35.9 Å². The summed E-state index contributed by atoms with van der Waals surface area (Å²) >= 11 is 1.83. The van der Waals surface area contributed by atoms with Gasteiger partial charge in [0.05, 0.1) is 6.61 Å². The zero-order valence-corrected chi connectivity index (χ0v) is 16.7. The first-order valence-electron chi connectivity index (χ1n) is 7.42. The molecular weight excluding hydrogens is 409 g/mol. The summed E-state index contributed by atoms with van der Waals surface area (Å²) in [5, 5.41) is 6.59. The van der Waals surface area contributed by atoms with Crippen LogP contribution in [-0.4, -0.2) is 44.7 Å². The minimum atomic E-state index is 0. The standard InChI is InChI=1S/C16H27N3OS.HI/c1-17-16(19-11-13-21-2)18-10-6-7-12-20-14-15-8-4-3-5-9-15;/h3-5,8-9H,6-7,10-14H2,1-2H3,(H2,17,18,19);1H. The zero-order valence-electron chi connectivity index (χ0n) is 13.5. The molecule has 1 rings (SSSR count). The molecule has 6 heteroatoms. The van der Waals surface area contributed by atoms with Gasteiger partial charge < -0.3 is 15.4 Å². The number of benzene rings is 1. The lowest BCUT2D eigenvalue weighted by molar-refractivity contribution is 0.117. The van der Waals surface area contributed by atoms with Crippen LogP contribution < -0.4 is 10.6 Å². The lowest BCUT2D eigenvalue weighted by Gasteiger charge is -2.11. The molecule has 0 saturated heterocycles. The maximum absolute atomic E-state index is 5.66. The molecule has 1 aromatic rings. The minimum Gasteiger partial charge on any atom is -0.377 e. The monoisotopic (exact) mass is 437 g/mol. The highest BCUT2D eigenvalue weighted by atomic mass is 127. The molecule has 0 bridgehead atoms. The highest BCUT2D eigenvalue weighted by Crippen LogP contribution is 2.01. The molecule has 0 amide bonds. The molecule has 0 atom stereocenters. The average Bonchev–Trinajstić information content (AvgIpc) is 2.53. The quantitative estimate of drug-likeness (QED) is 0.256. The molecule has 0 saturated carbocycles.